The van der Waals surface area contributed by atoms with Crippen molar-refractivity contribution in [2.45, 2.75) is 32.3 Å². The quantitative estimate of drug-likeness (QED) is 0.647. The number of ether oxygens (including phenoxy) is 1. The van der Waals surface area contributed by atoms with Gasteiger partial charge in [-0.05, 0) is 25.0 Å². The van der Waals surface area contributed by atoms with Crippen LogP contribution in [0.1, 0.15) is 35.0 Å². The van der Waals surface area contributed by atoms with Crippen LogP contribution in [0.25, 0.3) is 11.5 Å². The molecule has 3 aromatic rings. The van der Waals surface area contributed by atoms with Crippen molar-refractivity contribution >= 4 is 5.91 Å². The molecule has 1 amide bonds. The summed E-state index contributed by atoms with van der Waals surface area (Å²) in [4.78, 5) is 22.8. The van der Waals surface area contributed by atoms with E-state index < -0.39 is 0 Å². The summed E-state index contributed by atoms with van der Waals surface area (Å²) in [5.41, 5.74) is 1.24. The fourth-order valence-electron chi connectivity index (χ4n) is 3.25. The summed E-state index contributed by atoms with van der Waals surface area (Å²) >= 11 is 0. The average Bonchev–Trinajstić information content (AvgIpc) is 3.38. The summed E-state index contributed by atoms with van der Waals surface area (Å²) < 4.78 is 16.4. The molecule has 28 heavy (non-hydrogen) atoms. The van der Waals surface area contributed by atoms with E-state index >= 15 is 0 Å². The van der Waals surface area contributed by atoms with Crippen molar-refractivity contribution in [3.63, 3.8) is 0 Å². The number of hydrogen-bond acceptors (Lipinski definition) is 7. The normalized spacial score (nSPS) is 17.0. The Labute approximate surface area is 162 Å². The molecule has 8 nitrogen and oxygen atoms in total. The van der Waals surface area contributed by atoms with E-state index in [1.165, 1.54) is 6.26 Å². The highest BCUT2D eigenvalue weighted by molar-refractivity contribution is 5.92. The molecule has 1 aliphatic heterocycles. The zero-order chi connectivity index (χ0) is 19.3. The number of piperidine rings is 1. The Morgan fingerprint density at radius 3 is 2.93 bits per heavy atom. The van der Waals surface area contributed by atoms with Crippen LogP contribution in [-0.2, 0) is 11.2 Å². The lowest BCUT2D eigenvalue weighted by atomic mass is 10.1. The highest BCUT2D eigenvalue weighted by Gasteiger charge is 2.26. The monoisotopic (exact) mass is 382 g/mol. The third-order valence-corrected chi connectivity index (χ3v) is 4.67. The third-order valence-electron chi connectivity index (χ3n) is 4.67. The van der Waals surface area contributed by atoms with Crippen LogP contribution < -0.4 is 0 Å². The lowest BCUT2D eigenvalue weighted by molar-refractivity contribution is 0.00232. The Kier molecular flexibility index (Phi) is 5.48. The molecule has 0 aliphatic carbocycles. The summed E-state index contributed by atoms with van der Waals surface area (Å²) in [6.07, 6.45) is 3.77. The van der Waals surface area contributed by atoms with Gasteiger partial charge in [0.25, 0.3) is 11.8 Å². The fraction of sp³-hybridized carbons (Fsp3) is 0.400. The van der Waals surface area contributed by atoms with E-state index in [4.69, 9.17) is 13.7 Å². The first kappa shape index (κ1) is 18.4. The molecule has 1 aromatic carbocycles. The highest BCUT2D eigenvalue weighted by atomic mass is 16.5. The maximum atomic E-state index is 12.5. The predicted molar refractivity (Wildman–Crippen MR) is 99.6 cm³/mol. The molecule has 1 fully saturated rings. The second-order valence-corrected chi connectivity index (χ2v) is 6.77. The minimum absolute atomic E-state index is 0.00815. The molecule has 8 heteroatoms. The first-order chi connectivity index (χ1) is 13.7. The van der Waals surface area contributed by atoms with Crippen molar-refractivity contribution in [1.29, 1.82) is 0 Å². The van der Waals surface area contributed by atoms with E-state index in [0.29, 0.717) is 49.4 Å². The number of carbonyl (C=O) groups excluding carboxylic acids is 1. The van der Waals surface area contributed by atoms with Crippen molar-refractivity contribution in [3.8, 4) is 11.5 Å². The number of rotatable bonds is 6. The molecule has 146 valence electrons. The van der Waals surface area contributed by atoms with Crippen molar-refractivity contribution in [3.05, 3.63) is 54.0 Å². The zero-order valence-electron chi connectivity index (χ0n) is 15.7. The Bertz CT molecular complexity index is 921. The Morgan fingerprint density at radius 2 is 2.14 bits per heavy atom. The number of carbonyl (C=O) groups is 1. The molecule has 1 unspecified atom stereocenters. The van der Waals surface area contributed by atoms with Crippen molar-refractivity contribution in [2.75, 3.05) is 19.7 Å². The maximum Gasteiger partial charge on any atom is 0.275 e. The number of aryl methyl sites for hydroxylation is 1. The highest BCUT2D eigenvalue weighted by Crippen LogP contribution is 2.18. The van der Waals surface area contributed by atoms with Crippen LogP contribution >= 0.6 is 0 Å². The van der Waals surface area contributed by atoms with Crippen molar-refractivity contribution < 1.29 is 18.5 Å². The van der Waals surface area contributed by atoms with Crippen LogP contribution in [0.2, 0.25) is 0 Å². The molecule has 0 N–H and O–H groups in total. The number of hydrogen-bond donors (Lipinski definition) is 0. The van der Waals surface area contributed by atoms with Gasteiger partial charge in [0.2, 0.25) is 0 Å². The van der Waals surface area contributed by atoms with Gasteiger partial charge in [0.05, 0.1) is 12.7 Å². The minimum Gasteiger partial charge on any atom is -0.448 e. The second-order valence-electron chi connectivity index (χ2n) is 6.77. The first-order valence-corrected chi connectivity index (χ1v) is 9.40. The van der Waals surface area contributed by atoms with E-state index in [0.717, 1.165) is 18.4 Å². The molecule has 1 atom stereocenters. The number of nitrogens with zero attached hydrogens (tertiary/aromatic N) is 4. The summed E-state index contributed by atoms with van der Waals surface area (Å²) in [5, 5.41) is 4.01. The Balaban J connectivity index is 1.27. The van der Waals surface area contributed by atoms with Gasteiger partial charge in [-0.15, -0.1) is 0 Å². The summed E-state index contributed by atoms with van der Waals surface area (Å²) in [6.45, 7) is 3.45. The van der Waals surface area contributed by atoms with Crippen LogP contribution in [0.3, 0.4) is 0 Å². The van der Waals surface area contributed by atoms with E-state index in [-0.39, 0.29) is 12.0 Å². The number of likely N-dealkylation sites (tertiary alicyclic amines) is 1. The SMILES string of the molecule is Cc1nc(C(=O)N2CCCC(OCCc3noc(-c4ccccc4)n3)C2)co1. The smallest absolute Gasteiger partial charge is 0.275 e. The number of amides is 1. The lowest BCUT2D eigenvalue weighted by Crippen LogP contribution is -2.43. The molecular formula is C20H22N4O4. The Morgan fingerprint density at radius 1 is 1.29 bits per heavy atom. The molecule has 4 rings (SSSR count). The summed E-state index contributed by atoms with van der Waals surface area (Å²) in [6, 6.07) is 9.66. The molecule has 1 aliphatic rings. The number of benzene rings is 1. The van der Waals surface area contributed by atoms with Crippen LogP contribution in [0.5, 0.6) is 0 Å². The fourth-order valence-corrected chi connectivity index (χ4v) is 3.25. The summed E-state index contributed by atoms with van der Waals surface area (Å²) in [7, 11) is 0. The van der Waals surface area contributed by atoms with E-state index in [2.05, 4.69) is 15.1 Å². The van der Waals surface area contributed by atoms with Gasteiger partial charge >= 0.3 is 0 Å². The largest absolute Gasteiger partial charge is 0.448 e. The van der Waals surface area contributed by atoms with E-state index in [9.17, 15) is 4.79 Å². The molecule has 0 saturated carbocycles. The standard InChI is InChI=1S/C20H22N4O4/c1-14-21-17(13-27-14)20(25)24-10-5-8-16(12-24)26-11-9-18-22-19(28-23-18)15-6-3-2-4-7-15/h2-4,6-7,13,16H,5,8-12H2,1H3. The van der Waals surface area contributed by atoms with Crippen LogP contribution in [0.15, 0.2) is 45.5 Å². The van der Waals surface area contributed by atoms with Gasteiger partial charge < -0.3 is 18.6 Å². The van der Waals surface area contributed by atoms with Gasteiger partial charge in [0, 0.05) is 32.0 Å². The van der Waals surface area contributed by atoms with Gasteiger partial charge in [0.15, 0.2) is 17.4 Å². The van der Waals surface area contributed by atoms with Crippen LogP contribution in [-0.4, -0.2) is 51.7 Å². The van der Waals surface area contributed by atoms with E-state index in [1.54, 1.807) is 11.8 Å². The van der Waals surface area contributed by atoms with E-state index in [1.807, 2.05) is 30.3 Å². The molecule has 0 bridgehead atoms. The maximum absolute atomic E-state index is 12.5. The lowest BCUT2D eigenvalue weighted by Gasteiger charge is -2.32. The Hall–Kier alpha value is -3.00. The van der Waals surface area contributed by atoms with Gasteiger partial charge in [0.1, 0.15) is 6.26 Å². The number of aromatic nitrogens is 3. The van der Waals surface area contributed by atoms with Gasteiger partial charge in [-0.2, -0.15) is 4.98 Å². The molecular weight excluding hydrogens is 360 g/mol. The molecule has 1 saturated heterocycles. The molecule has 3 heterocycles. The minimum atomic E-state index is -0.115. The number of oxazole rings is 1. The summed E-state index contributed by atoms with van der Waals surface area (Å²) in [5.74, 6) is 1.49. The first-order valence-electron chi connectivity index (χ1n) is 9.40. The second kappa shape index (κ2) is 8.35. The average molecular weight is 382 g/mol. The van der Waals surface area contributed by atoms with Crippen molar-refractivity contribution in [1.82, 2.24) is 20.0 Å². The molecule has 2 aromatic heterocycles. The van der Waals surface area contributed by atoms with Crippen molar-refractivity contribution in [2.24, 2.45) is 0 Å². The zero-order valence-corrected chi connectivity index (χ0v) is 15.7. The van der Waals surface area contributed by atoms with Gasteiger partial charge in [-0.1, -0.05) is 23.4 Å². The van der Waals surface area contributed by atoms with Crippen LogP contribution in [0.4, 0.5) is 0 Å². The predicted octanol–water partition coefficient (Wildman–Crippen LogP) is 2.90. The van der Waals surface area contributed by atoms with Crippen LogP contribution in [0, 0.1) is 6.92 Å². The van der Waals surface area contributed by atoms with Gasteiger partial charge in [-0.25, -0.2) is 4.98 Å². The topological polar surface area (TPSA) is 94.5 Å². The third kappa shape index (κ3) is 4.28. The molecule has 0 radical (unpaired) electrons. The molecule has 0 spiro atoms. The van der Waals surface area contributed by atoms with Gasteiger partial charge in [-0.3, -0.25) is 4.79 Å².